The Bertz CT molecular complexity index is 361. The van der Waals surface area contributed by atoms with Crippen molar-refractivity contribution in [1.82, 2.24) is 0 Å². The van der Waals surface area contributed by atoms with E-state index in [1.807, 2.05) is 12.1 Å². The lowest BCUT2D eigenvalue weighted by molar-refractivity contribution is 0.186. The molecule has 16 heavy (non-hydrogen) atoms. The van der Waals surface area contributed by atoms with Gasteiger partial charge in [0.05, 0.1) is 6.10 Å². The first kappa shape index (κ1) is 12.1. The molecule has 1 saturated carbocycles. The van der Waals surface area contributed by atoms with Crippen LogP contribution in [0.25, 0.3) is 0 Å². The standard InChI is InChI=1S/C13H18BrNO/c14-12-7-10(13(16)8-15)5-6-11(12)9-3-1-2-4-9/h5-7,9,13,16H,1-4,8,15H2. The molecule has 1 aromatic carbocycles. The second-order valence-electron chi connectivity index (χ2n) is 4.51. The topological polar surface area (TPSA) is 46.2 Å². The summed E-state index contributed by atoms with van der Waals surface area (Å²) < 4.78 is 1.12. The first-order valence-corrected chi connectivity index (χ1v) is 6.69. The molecule has 2 rings (SSSR count). The van der Waals surface area contributed by atoms with E-state index >= 15 is 0 Å². The van der Waals surface area contributed by atoms with Gasteiger partial charge in [-0.15, -0.1) is 0 Å². The maximum absolute atomic E-state index is 9.66. The van der Waals surface area contributed by atoms with Gasteiger partial charge in [-0.25, -0.2) is 0 Å². The smallest absolute Gasteiger partial charge is 0.0912 e. The van der Waals surface area contributed by atoms with Gasteiger partial charge in [0, 0.05) is 11.0 Å². The Morgan fingerprint density at radius 3 is 2.62 bits per heavy atom. The molecular weight excluding hydrogens is 266 g/mol. The zero-order valence-corrected chi connectivity index (χ0v) is 10.9. The molecule has 0 bridgehead atoms. The van der Waals surface area contributed by atoms with Gasteiger partial charge in [-0.05, 0) is 36.0 Å². The minimum absolute atomic E-state index is 0.273. The summed E-state index contributed by atoms with van der Waals surface area (Å²) in [5, 5.41) is 9.66. The molecule has 0 spiro atoms. The summed E-state index contributed by atoms with van der Waals surface area (Å²) in [5.41, 5.74) is 7.73. The molecule has 1 fully saturated rings. The van der Waals surface area contributed by atoms with Crippen molar-refractivity contribution >= 4 is 15.9 Å². The van der Waals surface area contributed by atoms with Crippen LogP contribution < -0.4 is 5.73 Å². The van der Waals surface area contributed by atoms with Crippen molar-refractivity contribution in [1.29, 1.82) is 0 Å². The lowest BCUT2D eigenvalue weighted by atomic mass is 9.96. The summed E-state index contributed by atoms with van der Waals surface area (Å²) in [7, 11) is 0. The Balaban J connectivity index is 2.22. The van der Waals surface area contributed by atoms with E-state index < -0.39 is 6.10 Å². The number of hydrogen-bond donors (Lipinski definition) is 2. The molecule has 2 nitrogen and oxygen atoms in total. The summed E-state index contributed by atoms with van der Waals surface area (Å²) in [6, 6.07) is 6.13. The third-order valence-corrected chi connectivity index (χ3v) is 4.11. The molecule has 0 amide bonds. The van der Waals surface area contributed by atoms with Crippen LogP contribution in [0.2, 0.25) is 0 Å². The molecule has 3 heteroatoms. The third kappa shape index (κ3) is 2.47. The Morgan fingerprint density at radius 2 is 2.06 bits per heavy atom. The second-order valence-corrected chi connectivity index (χ2v) is 5.37. The minimum Gasteiger partial charge on any atom is -0.387 e. The van der Waals surface area contributed by atoms with E-state index in [4.69, 9.17) is 5.73 Å². The molecule has 0 heterocycles. The van der Waals surface area contributed by atoms with Gasteiger partial charge in [-0.2, -0.15) is 0 Å². The zero-order chi connectivity index (χ0) is 11.5. The number of aliphatic hydroxyl groups excluding tert-OH is 1. The first-order chi connectivity index (χ1) is 7.72. The largest absolute Gasteiger partial charge is 0.387 e. The van der Waals surface area contributed by atoms with Crippen molar-refractivity contribution in [2.45, 2.75) is 37.7 Å². The number of benzene rings is 1. The Kier molecular flexibility index (Phi) is 4.00. The van der Waals surface area contributed by atoms with Gasteiger partial charge >= 0.3 is 0 Å². The van der Waals surface area contributed by atoms with Crippen molar-refractivity contribution in [3.63, 3.8) is 0 Å². The van der Waals surface area contributed by atoms with Crippen LogP contribution in [0.3, 0.4) is 0 Å². The van der Waals surface area contributed by atoms with Crippen LogP contribution in [0.15, 0.2) is 22.7 Å². The molecule has 0 aromatic heterocycles. The van der Waals surface area contributed by atoms with Crippen LogP contribution >= 0.6 is 15.9 Å². The molecule has 1 aliphatic carbocycles. The summed E-state index contributed by atoms with van der Waals surface area (Å²) in [6.45, 7) is 0.273. The predicted octanol–water partition coefficient (Wildman–Crippen LogP) is 3.10. The Hall–Kier alpha value is -0.380. The predicted molar refractivity (Wildman–Crippen MR) is 69.4 cm³/mol. The van der Waals surface area contributed by atoms with Gasteiger partial charge in [0.25, 0.3) is 0 Å². The molecule has 3 N–H and O–H groups in total. The van der Waals surface area contributed by atoms with Gasteiger partial charge in [0.15, 0.2) is 0 Å². The normalized spacial score (nSPS) is 18.9. The highest BCUT2D eigenvalue weighted by Gasteiger charge is 2.19. The van der Waals surface area contributed by atoms with Crippen LogP contribution in [-0.4, -0.2) is 11.7 Å². The average molecular weight is 284 g/mol. The summed E-state index contributed by atoms with van der Waals surface area (Å²) >= 11 is 3.60. The number of nitrogens with two attached hydrogens (primary N) is 1. The average Bonchev–Trinajstić information content (AvgIpc) is 2.81. The maximum Gasteiger partial charge on any atom is 0.0912 e. The van der Waals surface area contributed by atoms with Gasteiger partial charge in [0.1, 0.15) is 0 Å². The number of aliphatic hydroxyl groups is 1. The highest BCUT2D eigenvalue weighted by molar-refractivity contribution is 9.10. The second kappa shape index (κ2) is 5.30. The molecule has 0 aliphatic heterocycles. The zero-order valence-electron chi connectivity index (χ0n) is 9.32. The maximum atomic E-state index is 9.66. The monoisotopic (exact) mass is 283 g/mol. The molecule has 1 unspecified atom stereocenters. The van der Waals surface area contributed by atoms with Gasteiger partial charge in [-0.3, -0.25) is 0 Å². The molecule has 1 aliphatic rings. The van der Waals surface area contributed by atoms with Gasteiger partial charge < -0.3 is 10.8 Å². The van der Waals surface area contributed by atoms with E-state index in [1.54, 1.807) is 0 Å². The first-order valence-electron chi connectivity index (χ1n) is 5.90. The lowest BCUT2D eigenvalue weighted by Gasteiger charge is -2.15. The summed E-state index contributed by atoms with van der Waals surface area (Å²) in [4.78, 5) is 0. The van der Waals surface area contributed by atoms with E-state index in [9.17, 15) is 5.11 Å². The number of halogens is 1. The quantitative estimate of drug-likeness (QED) is 0.896. The van der Waals surface area contributed by atoms with E-state index in [2.05, 4.69) is 22.0 Å². The van der Waals surface area contributed by atoms with Crippen LogP contribution in [-0.2, 0) is 0 Å². The van der Waals surface area contributed by atoms with E-state index in [0.717, 1.165) is 10.0 Å². The van der Waals surface area contributed by atoms with Crippen LogP contribution in [0, 0.1) is 0 Å². The van der Waals surface area contributed by atoms with Crippen LogP contribution in [0.4, 0.5) is 0 Å². The molecular formula is C13H18BrNO. The highest BCUT2D eigenvalue weighted by Crippen LogP contribution is 2.38. The molecule has 1 atom stereocenters. The van der Waals surface area contributed by atoms with Crippen molar-refractivity contribution in [2.75, 3.05) is 6.54 Å². The SMILES string of the molecule is NCC(O)c1ccc(C2CCCC2)c(Br)c1. The van der Waals surface area contributed by atoms with Crippen LogP contribution in [0.5, 0.6) is 0 Å². The highest BCUT2D eigenvalue weighted by atomic mass is 79.9. The van der Waals surface area contributed by atoms with E-state index in [1.165, 1.54) is 31.2 Å². The van der Waals surface area contributed by atoms with Crippen LogP contribution in [0.1, 0.15) is 48.8 Å². The lowest BCUT2D eigenvalue weighted by Crippen LogP contribution is -2.11. The third-order valence-electron chi connectivity index (χ3n) is 3.43. The summed E-state index contributed by atoms with van der Waals surface area (Å²) in [6.07, 6.45) is 4.71. The van der Waals surface area contributed by atoms with Crippen molar-refractivity contribution in [2.24, 2.45) is 5.73 Å². The van der Waals surface area contributed by atoms with Crippen molar-refractivity contribution < 1.29 is 5.11 Å². The number of rotatable bonds is 3. The van der Waals surface area contributed by atoms with Crippen molar-refractivity contribution in [3.8, 4) is 0 Å². The minimum atomic E-state index is -0.547. The van der Waals surface area contributed by atoms with Gasteiger partial charge in [-0.1, -0.05) is 40.9 Å². The number of hydrogen-bond acceptors (Lipinski definition) is 2. The van der Waals surface area contributed by atoms with E-state index in [0.29, 0.717) is 5.92 Å². The molecule has 88 valence electrons. The van der Waals surface area contributed by atoms with Gasteiger partial charge in [0.2, 0.25) is 0 Å². The fourth-order valence-electron chi connectivity index (χ4n) is 2.45. The molecule has 1 aromatic rings. The fraction of sp³-hybridized carbons (Fsp3) is 0.538. The Labute approximate surface area is 105 Å². The molecule has 0 saturated heterocycles. The summed E-state index contributed by atoms with van der Waals surface area (Å²) in [5.74, 6) is 0.693. The molecule has 0 radical (unpaired) electrons. The fourth-order valence-corrected chi connectivity index (χ4v) is 3.17. The van der Waals surface area contributed by atoms with Crippen molar-refractivity contribution in [3.05, 3.63) is 33.8 Å². The Morgan fingerprint density at radius 1 is 1.38 bits per heavy atom. The van der Waals surface area contributed by atoms with E-state index in [-0.39, 0.29) is 6.54 Å².